The first kappa shape index (κ1) is 17.4. The minimum absolute atomic E-state index is 0.207. The van der Waals surface area contributed by atoms with Gasteiger partial charge in [-0.2, -0.15) is 0 Å². The van der Waals surface area contributed by atoms with Crippen LogP contribution in [-0.2, 0) is 11.3 Å². The van der Waals surface area contributed by atoms with Gasteiger partial charge in [-0.15, -0.1) is 0 Å². The van der Waals surface area contributed by atoms with Gasteiger partial charge >= 0.3 is 0 Å². The molecule has 4 nitrogen and oxygen atoms in total. The number of piperidine rings is 1. The van der Waals surface area contributed by atoms with Gasteiger partial charge in [0.2, 0.25) is 0 Å². The molecular weight excluding hydrogens is 307 g/mol. The zero-order valence-electron chi connectivity index (χ0n) is 14.1. The molecule has 0 radical (unpaired) electrons. The number of halogens is 1. The average Bonchev–Trinajstić information content (AvgIpc) is 2.60. The lowest BCUT2D eigenvalue weighted by Gasteiger charge is -2.39. The van der Waals surface area contributed by atoms with Crippen LogP contribution in [0.5, 0.6) is 0 Å². The van der Waals surface area contributed by atoms with Crippen molar-refractivity contribution < 1.29 is 14.3 Å². The molecule has 0 aromatic heterocycles. The van der Waals surface area contributed by atoms with E-state index >= 15 is 0 Å². The largest absolute Gasteiger partial charge is 0.379 e. The molecule has 1 unspecified atom stereocenters. The first-order valence-corrected chi connectivity index (χ1v) is 9.06. The van der Waals surface area contributed by atoms with Gasteiger partial charge < -0.3 is 15.3 Å². The molecule has 1 saturated heterocycles. The monoisotopic (exact) mass is 334 g/mol. The third-order valence-corrected chi connectivity index (χ3v) is 5.28. The molecule has 1 aromatic carbocycles. The van der Waals surface area contributed by atoms with Crippen molar-refractivity contribution >= 4 is 5.91 Å². The molecule has 1 aliphatic heterocycles. The van der Waals surface area contributed by atoms with E-state index in [1.54, 1.807) is 17.0 Å². The van der Waals surface area contributed by atoms with E-state index in [0.29, 0.717) is 32.1 Å². The fraction of sp³-hybridized carbons (Fsp3) is 0.632. The second-order valence-electron chi connectivity index (χ2n) is 7.20. The van der Waals surface area contributed by atoms with Gasteiger partial charge in [0.1, 0.15) is 5.82 Å². The molecule has 2 aliphatic rings. The Hall–Kier alpha value is -1.46. The summed E-state index contributed by atoms with van der Waals surface area (Å²) in [5.74, 6) is -0.488. The van der Waals surface area contributed by atoms with E-state index in [1.807, 2.05) is 0 Å². The zero-order valence-corrected chi connectivity index (χ0v) is 14.1. The standard InChI is InChI=1S/C19H27FN2O2/c20-16-9-7-15(8-10-16)13-22-12-4-11-19(24,18(22)23)14-21-17-5-2-1-3-6-17/h7-10,17,21,24H,1-6,11-14H2. The first-order valence-electron chi connectivity index (χ1n) is 9.06. The van der Waals surface area contributed by atoms with Gasteiger partial charge in [0, 0.05) is 25.7 Å². The highest BCUT2D eigenvalue weighted by Crippen LogP contribution is 2.25. The number of rotatable bonds is 5. The maximum absolute atomic E-state index is 13.0. The topological polar surface area (TPSA) is 52.6 Å². The van der Waals surface area contributed by atoms with Crippen LogP contribution >= 0.6 is 0 Å². The molecule has 1 aromatic rings. The van der Waals surface area contributed by atoms with Gasteiger partial charge in [-0.1, -0.05) is 31.4 Å². The van der Waals surface area contributed by atoms with Gasteiger partial charge in [-0.3, -0.25) is 4.79 Å². The Bertz CT molecular complexity index is 557. The van der Waals surface area contributed by atoms with Crippen LogP contribution in [0.25, 0.3) is 0 Å². The highest BCUT2D eigenvalue weighted by atomic mass is 19.1. The molecule has 1 aliphatic carbocycles. The van der Waals surface area contributed by atoms with Gasteiger partial charge in [0.05, 0.1) is 0 Å². The molecule has 2 N–H and O–H groups in total. The molecule has 1 atom stereocenters. The van der Waals surface area contributed by atoms with Gasteiger partial charge in [0.15, 0.2) is 5.60 Å². The van der Waals surface area contributed by atoms with Crippen LogP contribution in [0.4, 0.5) is 4.39 Å². The van der Waals surface area contributed by atoms with Gasteiger partial charge in [-0.25, -0.2) is 4.39 Å². The highest BCUT2D eigenvalue weighted by Gasteiger charge is 2.42. The van der Waals surface area contributed by atoms with E-state index in [4.69, 9.17) is 0 Å². The first-order chi connectivity index (χ1) is 11.6. The Morgan fingerprint density at radius 3 is 2.58 bits per heavy atom. The van der Waals surface area contributed by atoms with Crippen LogP contribution < -0.4 is 5.32 Å². The normalized spacial score (nSPS) is 25.9. The van der Waals surface area contributed by atoms with Gasteiger partial charge in [0.25, 0.3) is 5.91 Å². The Kier molecular flexibility index (Phi) is 5.51. The van der Waals surface area contributed by atoms with Crippen molar-refractivity contribution in [2.24, 2.45) is 0 Å². The summed E-state index contributed by atoms with van der Waals surface area (Å²) in [6.45, 7) is 1.39. The summed E-state index contributed by atoms with van der Waals surface area (Å²) in [7, 11) is 0. The number of hydrogen-bond donors (Lipinski definition) is 2. The molecule has 132 valence electrons. The number of amides is 1. The van der Waals surface area contributed by atoms with Crippen LogP contribution in [0, 0.1) is 5.82 Å². The summed E-state index contributed by atoms with van der Waals surface area (Å²) in [5, 5.41) is 14.3. The van der Waals surface area contributed by atoms with Crippen molar-refractivity contribution in [1.29, 1.82) is 0 Å². The molecule has 24 heavy (non-hydrogen) atoms. The van der Waals surface area contributed by atoms with Crippen LogP contribution in [0.3, 0.4) is 0 Å². The maximum Gasteiger partial charge on any atom is 0.256 e. The molecule has 5 heteroatoms. The summed E-state index contributed by atoms with van der Waals surface area (Å²) in [6.07, 6.45) is 7.28. The number of likely N-dealkylation sites (tertiary alicyclic amines) is 1. The fourth-order valence-electron chi connectivity index (χ4n) is 3.81. The minimum Gasteiger partial charge on any atom is -0.379 e. The fourth-order valence-corrected chi connectivity index (χ4v) is 3.81. The van der Waals surface area contributed by atoms with E-state index in [-0.39, 0.29) is 11.7 Å². The van der Waals surface area contributed by atoms with Crippen LogP contribution in [-0.4, -0.2) is 40.6 Å². The maximum atomic E-state index is 13.0. The lowest BCUT2D eigenvalue weighted by molar-refractivity contribution is -0.157. The Balaban J connectivity index is 1.59. The number of nitrogens with one attached hydrogen (secondary N) is 1. The Morgan fingerprint density at radius 2 is 1.88 bits per heavy atom. The number of hydrogen-bond acceptors (Lipinski definition) is 3. The number of benzene rings is 1. The number of aliphatic hydroxyl groups is 1. The molecule has 3 rings (SSSR count). The second kappa shape index (κ2) is 7.62. The molecule has 2 fully saturated rings. The van der Waals surface area contributed by atoms with E-state index in [0.717, 1.165) is 24.8 Å². The predicted molar refractivity (Wildman–Crippen MR) is 90.9 cm³/mol. The van der Waals surface area contributed by atoms with E-state index < -0.39 is 5.60 Å². The van der Waals surface area contributed by atoms with Crippen molar-refractivity contribution in [3.8, 4) is 0 Å². The summed E-state index contributed by atoms with van der Waals surface area (Å²) in [5.41, 5.74) is -0.426. The lowest BCUT2D eigenvalue weighted by Crippen LogP contribution is -2.58. The summed E-state index contributed by atoms with van der Waals surface area (Å²) >= 11 is 0. The molecule has 0 bridgehead atoms. The highest BCUT2D eigenvalue weighted by molar-refractivity contribution is 5.86. The van der Waals surface area contributed by atoms with E-state index in [1.165, 1.54) is 31.4 Å². The quantitative estimate of drug-likeness (QED) is 0.870. The third-order valence-electron chi connectivity index (χ3n) is 5.28. The molecular formula is C19H27FN2O2. The summed E-state index contributed by atoms with van der Waals surface area (Å²) in [6, 6.07) is 6.61. The second-order valence-corrected chi connectivity index (χ2v) is 7.20. The zero-order chi connectivity index (χ0) is 17.0. The summed E-state index contributed by atoms with van der Waals surface area (Å²) < 4.78 is 13.0. The minimum atomic E-state index is -1.31. The SMILES string of the molecule is O=C1N(Cc2ccc(F)cc2)CCCC1(O)CNC1CCCCC1. The van der Waals surface area contributed by atoms with Crippen molar-refractivity contribution in [3.05, 3.63) is 35.6 Å². The molecule has 0 spiro atoms. The van der Waals surface area contributed by atoms with Crippen molar-refractivity contribution in [2.75, 3.05) is 13.1 Å². The van der Waals surface area contributed by atoms with Crippen molar-refractivity contribution in [1.82, 2.24) is 10.2 Å². The van der Waals surface area contributed by atoms with Crippen LogP contribution in [0.2, 0.25) is 0 Å². The van der Waals surface area contributed by atoms with Gasteiger partial charge in [-0.05, 0) is 43.4 Å². The van der Waals surface area contributed by atoms with E-state index in [9.17, 15) is 14.3 Å². The molecule has 1 heterocycles. The van der Waals surface area contributed by atoms with Crippen molar-refractivity contribution in [3.63, 3.8) is 0 Å². The number of nitrogens with zero attached hydrogens (tertiary/aromatic N) is 1. The van der Waals surface area contributed by atoms with Crippen LogP contribution in [0.1, 0.15) is 50.5 Å². The predicted octanol–water partition coefficient (Wildman–Crippen LogP) is 2.60. The average molecular weight is 334 g/mol. The lowest BCUT2D eigenvalue weighted by atomic mass is 9.89. The van der Waals surface area contributed by atoms with Crippen LogP contribution in [0.15, 0.2) is 24.3 Å². The Morgan fingerprint density at radius 1 is 1.17 bits per heavy atom. The van der Waals surface area contributed by atoms with Crippen molar-refractivity contribution in [2.45, 2.75) is 63.1 Å². The smallest absolute Gasteiger partial charge is 0.256 e. The summed E-state index contributed by atoms with van der Waals surface area (Å²) in [4.78, 5) is 14.4. The number of carbonyl (C=O) groups excluding carboxylic acids is 1. The third kappa shape index (κ3) is 4.14. The number of carbonyl (C=O) groups is 1. The molecule has 1 saturated carbocycles. The van der Waals surface area contributed by atoms with E-state index in [2.05, 4.69) is 5.32 Å². The Labute approximate surface area is 143 Å². The molecule has 1 amide bonds.